The van der Waals surface area contributed by atoms with E-state index < -0.39 is 35.9 Å². The van der Waals surface area contributed by atoms with E-state index in [9.17, 15) is 27.6 Å². The van der Waals surface area contributed by atoms with Crippen LogP contribution in [-0.4, -0.2) is 24.4 Å². The highest BCUT2D eigenvalue weighted by molar-refractivity contribution is 5.97. The number of anilines is 2. The summed E-state index contributed by atoms with van der Waals surface area (Å²) >= 11 is 0. The third-order valence-corrected chi connectivity index (χ3v) is 3.26. The second-order valence-corrected chi connectivity index (χ2v) is 5.43. The molecule has 0 atom stereocenters. The zero-order chi connectivity index (χ0) is 20.0. The number of nitrogens with one attached hydrogen (secondary N) is 2. The highest BCUT2D eigenvalue weighted by atomic mass is 19.4. The number of carbonyl (C=O) groups is 3. The molecule has 27 heavy (non-hydrogen) atoms. The molecule has 142 valence electrons. The monoisotopic (exact) mass is 380 g/mol. The second kappa shape index (κ2) is 8.35. The molecule has 2 aromatic carbocycles. The Hall–Kier alpha value is -3.36. The summed E-state index contributed by atoms with van der Waals surface area (Å²) in [5.41, 5.74) is -1.00. The predicted molar refractivity (Wildman–Crippen MR) is 91.1 cm³/mol. The molecule has 0 saturated heterocycles. The van der Waals surface area contributed by atoms with Gasteiger partial charge < -0.3 is 15.4 Å². The Morgan fingerprint density at radius 2 is 1.70 bits per heavy atom. The largest absolute Gasteiger partial charge is 0.452 e. The quantitative estimate of drug-likeness (QED) is 0.778. The highest BCUT2D eigenvalue weighted by Crippen LogP contribution is 2.34. The lowest BCUT2D eigenvalue weighted by Gasteiger charge is -2.13. The van der Waals surface area contributed by atoms with Crippen molar-refractivity contribution in [2.45, 2.75) is 13.1 Å². The van der Waals surface area contributed by atoms with Crippen molar-refractivity contribution < 1.29 is 32.3 Å². The van der Waals surface area contributed by atoms with Gasteiger partial charge in [-0.2, -0.15) is 13.2 Å². The van der Waals surface area contributed by atoms with Crippen molar-refractivity contribution in [3.05, 3.63) is 59.7 Å². The normalized spacial score (nSPS) is 10.8. The van der Waals surface area contributed by atoms with Crippen molar-refractivity contribution in [3.8, 4) is 0 Å². The van der Waals surface area contributed by atoms with E-state index in [4.69, 9.17) is 4.74 Å². The molecule has 0 aromatic heterocycles. The summed E-state index contributed by atoms with van der Waals surface area (Å²) in [6, 6.07) is 10.3. The van der Waals surface area contributed by atoms with Gasteiger partial charge in [0, 0.05) is 12.6 Å². The molecule has 0 aliphatic heterocycles. The van der Waals surface area contributed by atoms with Crippen LogP contribution in [0.15, 0.2) is 48.5 Å². The molecule has 0 aliphatic rings. The summed E-state index contributed by atoms with van der Waals surface area (Å²) < 4.78 is 43.5. The third-order valence-electron chi connectivity index (χ3n) is 3.26. The first-order valence-corrected chi connectivity index (χ1v) is 7.67. The van der Waals surface area contributed by atoms with E-state index in [0.29, 0.717) is 5.69 Å². The second-order valence-electron chi connectivity index (χ2n) is 5.43. The topological polar surface area (TPSA) is 84.5 Å². The van der Waals surface area contributed by atoms with Crippen LogP contribution < -0.4 is 10.6 Å². The number of esters is 1. The molecule has 0 saturated carbocycles. The summed E-state index contributed by atoms with van der Waals surface area (Å²) in [5.74, 6) is -2.11. The molecule has 9 heteroatoms. The fraction of sp³-hybridized carbons (Fsp3) is 0.167. The van der Waals surface area contributed by atoms with E-state index in [-0.39, 0.29) is 11.5 Å². The molecule has 0 unspecified atom stereocenters. The van der Waals surface area contributed by atoms with Gasteiger partial charge in [-0.25, -0.2) is 4.79 Å². The van der Waals surface area contributed by atoms with E-state index in [1.54, 1.807) is 6.07 Å². The van der Waals surface area contributed by atoms with Crippen LogP contribution in [0.3, 0.4) is 0 Å². The lowest BCUT2D eigenvalue weighted by Crippen LogP contribution is -2.22. The van der Waals surface area contributed by atoms with Gasteiger partial charge in [-0.3, -0.25) is 9.59 Å². The zero-order valence-electron chi connectivity index (χ0n) is 14.1. The van der Waals surface area contributed by atoms with Gasteiger partial charge in [0.15, 0.2) is 6.61 Å². The van der Waals surface area contributed by atoms with Crippen LogP contribution in [0.5, 0.6) is 0 Å². The molecular formula is C18H15F3N2O4. The van der Waals surface area contributed by atoms with E-state index in [1.165, 1.54) is 37.3 Å². The Balaban J connectivity index is 1.98. The van der Waals surface area contributed by atoms with E-state index >= 15 is 0 Å². The van der Waals surface area contributed by atoms with E-state index in [2.05, 4.69) is 10.6 Å². The van der Waals surface area contributed by atoms with Gasteiger partial charge in [0.2, 0.25) is 5.91 Å². The summed E-state index contributed by atoms with van der Waals surface area (Å²) in [4.78, 5) is 34.8. The minimum Gasteiger partial charge on any atom is -0.452 e. The van der Waals surface area contributed by atoms with Gasteiger partial charge in [-0.1, -0.05) is 18.2 Å². The van der Waals surface area contributed by atoms with E-state index in [1.807, 2.05) is 0 Å². The molecule has 0 fully saturated rings. The molecule has 2 amide bonds. The van der Waals surface area contributed by atoms with Crippen LogP contribution in [-0.2, 0) is 20.5 Å². The molecule has 0 heterocycles. The van der Waals surface area contributed by atoms with Crippen LogP contribution in [0, 0.1) is 0 Å². The lowest BCUT2D eigenvalue weighted by atomic mass is 10.1. The number of amides is 2. The first-order valence-electron chi connectivity index (χ1n) is 7.67. The smallest absolute Gasteiger partial charge is 0.418 e. The van der Waals surface area contributed by atoms with Crippen molar-refractivity contribution in [2.75, 3.05) is 17.2 Å². The minimum atomic E-state index is -4.63. The zero-order valence-corrected chi connectivity index (χ0v) is 14.1. The molecule has 0 radical (unpaired) electrons. The molecule has 0 spiro atoms. The fourth-order valence-corrected chi connectivity index (χ4v) is 2.17. The Morgan fingerprint density at radius 3 is 2.37 bits per heavy atom. The molecule has 2 N–H and O–H groups in total. The molecular weight excluding hydrogens is 365 g/mol. The van der Waals surface area contributed by atoms with Crippen molar-refractivity contribution in [2.24, 2.45) is 0 Å². The number of para-hydroxylation sites is 1. The van der Waals surface area contributed by atoms with Gasteiger partial charge in [-0.15, -0.1) is 0 Å². The summed E-state index contributed by atoms with van der Waals surface area (Å²) in [5, 5.41) is 4.55. The molecule has 2 rings (SSSR count). The molecule has 2 aromatic rings. The molecule has 0 bridgehead atoms. The van der Waals surface area contributed by atoms with Gasteiger partial charge in [-0.05, 0) is 30.3 Å². The third kappa shape index (κ3) is 5.84. The fourth-order valence-electron chi connectivity index (χ4n) is 2.17. The predicted octanol–water partition coefficient (Wildman–Crippen LogP) is 3.46. The van der Waals surface area contributed by atoms with Crippen molar-refractivity contribution >= 4 is 29.2 Å². The molecule has 6 nitrogen and oxygen atoms in total. The first-order chi connectivity index (χ1) is 12.7. The number of ether oxygens (including phenoxy) is 1. The minimum absolute atomic E-state index is 0.0738. The average Bonchev–Trinajstić information content (AvgIpc) is 2.59. The number of hydrogen-bond donors (Lipinski definition) is 2. The Labute approximate surface area is 152 Å². The van der Waals surface area contributed by atoms with Gasteiger partial charge in [0.1, 0.15) is 0 Å². The number of halogens is 3. The van der Waals surface area contributed by atoms with Crippen LogP contribution in [0.1, 0.15) is 22.8 Å². The maximum Gasteiger partial charge on any atom is 0.418 e. The van der Waals surface area contributed by atoms with Crippen LogP contribution >= 0.6 is 0 Å². The Bertz CT molecular complexity index is 866. The highest BCUT2D eigenvalue weighted by Gasteiger charge is 2.33. The number of benzene rings is 2. The van der Waals surface area contributed by atoms with Gasteiger partial charge in [0.25, 0.3) is 5.91 Å². The SMILES string of the molecule is CC(=O)Nc1cccc(C(=O)OCC(=O)Nc2ccccc2C(F)(F)F)c1. The number of hydrogen-bond acceptors (Lipinski definition) is 4. The van der Waals surface area contributed by atoms with Gasteiger partial charge >= 0.3 is 12.1 Å². The maximum absolute atomic E-state index is 12.9. The van der Waals surface area contributed by atoms with Crippen LogP contribution in [0.4, 0.5) is 24.5 Å². The number of carbonyl (C=O) groups excluding carboxylic acids is 3. The first kappa shape index (κ1) is 20.0. The van der Waals surface area contributed by atoms with E-state index in [0.717, 1.165) is 12.1 Å². The van der Waals surface area contributed by atoms with Crippen LogP contribution in [0.2, 0.25) is 0 Å². The average molecular weight is 380 g/mol. The Kier molecular flexibility index (Phi) is 6.17. The Morgan fingerprint density at radius 1 is 1.00 bits per heavy atom. The van der Waals surface area contributed by atoms with Crippen molar-refractivity contribution in [1.29, 1.82) is 0 Å². The van der Waals surface area contributed by atoms with Crippen molar-refractivity contribution in [3.63, 3.8) is 0 Å². The lowest BCUT2D eigenvalue weighted by molar-refractivity contribution is -0.137. The van der Waals surface area contributed by atoms with Crippen molar-refractivity contribution in [1.82, 2.24) is 0 Å². The standard InChI is InChI=1S/C18H15F3N2O4/c1-11(24)22-13-6-4-5-12(9-13)17(26)27-10-16(25)23-15-8-3-2-7-14(15)18(19,20)21/h2-9H,10H2,1H3,(H,22,24)(H,23,25). The van der Waals surface area contributed by atoms with Gasteiger partial charge in [0.05, 0.1) is 16.8 Å². The summed E-state index contributed by atoms with van der Waals surface area (Å²) in [6.07, 6.45) is -4.63. The summed E-state index contributed by atoms with van der Waals surface area (Å²) in [7, 11) is 0. The molecule has 0 aliphatic carbocycles. The number of rotatable bonds is 5. The number of alkyl halides is 3. The maximum atomic E-state index is 12.9. The summed E-state index contributed by atoms with van der Waals surface area (Å²) in [6.45, 7) is 0.531. The van der Waals surface area contributed by atoms with Crippen LogP contribution in [0.25, 0.3) is 0 Å².